The highest BCUT2D eigenvalue weighted by Gasteiger charge is 2.22. The van der Waals surface area contributed by atoms with E-state index in [0.29, 0.717) is 0 Å². The molecule has 1 N–H and O–H groups in total. The van der Waals surface area contributed by atoms with Crippen LogP contribution in [0.15, 0.2) is 59.6 Å². The van der Waals surface area contributed by atoms with Gasteiger partial charge in [-0.3, -0.25) is 4.99 Å². The van der Waals surface area contributed by atoms with Gasteiger partial charge in [-0.1, -0.05) is 36.4 Å². The lowest BCUT2D eigenvalue weighted by Gasteiger charge is -2.38. The van der Waals surface area contributed by atoms with Crippen LogP contribution in [0.4, 0.5) is 5.69 Å². The molecule has 1 aliphatic rings. The molecule has 1 atom stereocenters. The van der Waals surface area contributed by atoms with E-state index in [9.17, 15) is 0 Å². The van der Waals surface area contributed by atoms with E-state index >= 15 is 0 Å². The molecule has 0 bridgehead atoms. The Morgan fingerprint density at radius 1 is 1.03 bits per heavy atom. The Kier molecular flexibility index (Phi) is 9.71. The number of para-hydroxylation sites is 2. The van der Waals surface area contributed by atoms with Crippen molar-refractivity contribution in [1.29, 1.82) is 0 Å². The highest BCUT2D eigenvalue weighted by atomic mass is 127. The predicted molar refractivity (Wildman–Crippen MR) is 136 cm³/mol. The molecule has 0 radical (unpaired) electrons. The molecular weight excluding hydrogens is 489 g/mol. The quantitative estimate of drug-likeness (QED) is 0.358. The zero-order valence-corrected chi connectivity index (χ0v) is 20.7. The number of anilines is 1. The summed E-state index contributed by atoms with van der Waals surface area (Å²) in [6, 6.07) is 19.0. The highest BCUT2D eigenvalue weighted by molar-refractivity contribution is 14.0. The smallest absolute Gasteiger partial charge is 0.193 e. The van der Waals surface area contributed by atoms with Crippen molar-refractivity contribution in [3.8, 4) is 5.75 Å². The Morgan fingerprint density at radius 2 is 1.67 bits per heavy atom. The summed E-state index contributed by atoms with van der Waals surface area (Å²) in [7, 11) is 7.78. The number of aliphatic imine (C=N–C) groups is 1. The van der Waals surface area contributed by atoms with Gasteiger partial charge in [0.05, 0.1) is 13.2 Å². The van der Waals surface area contributed by atoms with Gasteiger partial charge in [0, 0.05) is 51.0 Å². The second kappa shape index (κ2) is 12.0. The first-order chi connectivity index (χ1) is 14.1. The fourth-order valence-electron chi connectivity index (χ4n) is 3.85. The van der Waals surface area contributed by atoms with Crippen molar-refractivity contribution in [2.75, 3.05) is 65.9 Å². The van der Waals surface area contributed by atoms with Gasteiger partial charge >= 0.3 is 0 Å². The van der Waals surface area contributed by atoms with Gasteiger partial charge in [-0.15, -0.1) is 24.0 Å². The molecule has 3 rings (SSSR count). The van der Waals surface area contributed by atoms with E-state index in [-0.39, 0.29) is 30.0 Å². The lowest BCUT2D eigenvalue weighted by Crippen LogP contribution is -2.53. The molecule has 1 fully saturated rings. The standard InChI is InChI=1S/C23H33N5O.HI/c1-24-23(28-16-14-27(15-17-28)19-10-6-5-7-11-19)25-18-21(26(2)3)20-12-8-9-13-22(20)29-4;/h5-13,21H,14-18H2,1-4H3,(H,24,25);1H. The third-order valence-corrected chi connectivity index (χ3v) is 5.49. The van der Waals surface area contributed by atoms with Crippen molar-refractivity contribution in [3.63, 3.8) is 0 Å². The number of nitrogens with zero attached hydrogens (tertiary/aromatic N) is 4. The molecule has 7 heteroatoms. The molecule has 2 aromatic carbocycles. The van der Waals surface area contributed by atoms with Crippen molar-refractivity contribution in [3.05, 3.63) is 60.2 Å². The Morgan fingerprint density at radius 3 is 2.27 bits per heavy atom. The predicted octanol–water partition coefficient (Wildman–Crippen LogP) is 3.31. The summed E-state index contributed by atoms with van der Waals surface area (Å²) in [4.78, 5) is 11.5. The van der Waals surface area contributed by atoms with Gasteiger partial charge in [0.25, 0.3) is 0 Å². The number of nitrogens with one attached hydrogen (secondary N) is 1. The van der Waals surface area contributed by atoms with E-state index in [0.717, 1.165) is 44.4 Å². The molecule has 1 heterocycles. The molecule has 1 saturated heterocycles. The molecule has 2 aromatic rings. The molecule has 6 nitrogen and oxygen atoms in total. The minimum Gasteiger partial charge on any atom is -0.496 e. The Hall–Kier alpha value is -2.00. The topological polar surface area (TPSA) is 43.3 Å². The SMILES string of the molecule is CN=C(NCC(c1ccccc1OC)N(C)C)N1CCN(c2ccccc2)CC1.I. The third kappa shape index (κ3) is 6.01. The lowest BCUT2D eigenvalue weighted by atomic mass is 10.0. The van der Waals surface area contributed by atoms with Crippen molar-refractivity contribution in [2.24, 2.45) is 4.99 Å². The van der Waals surface area contributed by atoms with Gasteiger partial charge in [-0.05, 0) is 32.3 Å². The fraction of sp³-hybridized carbons (Fsp3) is 0.435. The number of piperazine rings is 1. The zero-order valence-electron chi connectivity index (χ0n) is 18.4. The third-order valence-electron chi connectivity index (χ3n) is 5.49. The van der Waals surface area contributed by atoms with Crippen LogP contribution in [-0.2, 0) is 0 Å². The summed E-state index contributed by atoms with van der Waals surface area (Å²) in [5.74, 6) is 1.87. The molecule has 0 amide bonds. The van der Waals surface area contributed by atoms with Gasteiger partial charge in [0.15, 0.2) is 5.96 Å². The molecule has 0 aromatic heterocycles. The van der Waals surface area contributed by atoms with Gasteiger partial charge in [0.1, 0.15) is 5.75 Å². The number of ether oxygens (including phenoxy) is 1. The van der Waals surface area contributed by atoms with Gasteiger partial charge in [0.2, 0.25) is 0 Å². The largest absolute Gasteiger partial charge is 0.496 e. The second-order valence-corrected chi connectivity index (χ2v) is 7.46. The summed E-state index contributed by atoms with van der Waals surface area (Å²) in [5.41, 5.74) is 2.47. The Bertz CT molecular complexity index is 791. The first kappa shape index (κ1) is 24.3. The van der Waals surface area contributed by atoms with Crippen LogP contribution in [0.5, 0.6) is 5.75 Å². The highest BCUT2D eigenvalue weighted by Crippen LogP contribution is 2.27. The maximum Gasteiger partial charge on any atom is 0.193 e. The minimum atomic E-state index is 0. The van der Waals surface area contributed by atoms with E-state index < -0.39 is 0 Å². The van der Waals surface area contributed by atoms with Crippen LogP contribution in [0.1, 0.15) is 11.6 Å². The van der Waals surface area contributed by atoms with Crippen LogP contribution in [0.25, 0.3) is 0 Å². The first-order valence-electron chi connectivity index (χ1n) is 10.2. The summed E-state index contributed by atoms with van der Waals surface area (Å²) < 4.78 is 5.58. The number of halogens is 1. The second-order valence-electron chi connectivity index (χ2n) is 7.46. The molecule has 30 heavy (non-hydrogen) atoms. The van der Waals surface area contributed by atoms with Crippen LogP contribution in [0.3, 0.4) is 0 Å². The lowest BCUT2D eigenvalue weighted by molar-refractivity contribution is 0.283. The normalized spacial score (nSPS) is 15.6. The maximum absolute atomic E-state index is 5.58. The molecule has 164 valence electrons. The van der Waals surface area contributed by atoms with Gasteiger partial charge in [-0.2, -0.15) is 0 Å². The number of hydrogen-bond acceptors (Lipinski definition) is 4. The van der Waals surface area contributed by atoms with Crippen LogP contribution in [0.2, 0.25) is 0 Å². The van der Waals surface area contributed by atoms with Crippen molar-refractivity contribution in [1.82, 2.24) is 15.1 Å². The van der Waals surface area contributed by atoms with Crippen molar-refractivity contribution in [2.45, 2.75) is 6.04 Å². The van der Waals surface area contributed by atoms with Gasteiger partial charge < -0.3 is 24.8 Å². The average molecular weight is 523 g/mol. The molecule has 1 aliphatic heterocycles. The van der Waals surface area contributed by atoms with E-state index in [2.05, 4.69) is 81.6 Å². The van der Waals surface area contributed by atoms with Crippen molar-refractivity contribution >= 4 is 35.6 Å². The van der Waals surface area contributed by atoms with Crippen LogP contribution in [0, 0.1) is 0 Å². The summed E-state index contributed by atoms with van der Waals surface area (Å²) in [5, 5.41) is 3.59. The number of benzene rings is 2. The molecular formula is C23H34IN5O. The fourth-order valence-corrected chi connectivity index (χ4v) is 3.85. The van der Waals surface area contributed by atoms with E-state index in [1.807, 2.05) is 19.2 Å². The Balaban J connectivity index is 0.00000320. The van der Waals surface area contributed by atoms with E-state index in [1.54, 1.807) is 7.11 Å². The number of guanidine groups is 1. The number of methoxy groups -OCH3 is 1. The Labute approximate surface area is 197 Å². The van der Waals surface area contributed by atoms with Crippen molar-refractivity contribution < 1.29 is 4.74 Å². The maximum atomic E-state index is 5.58. The van der Waals surface area contributed by atoms with Crippen LogP contribution >= 0.6 is 24.0 Å². The minimum absolute atomic E-state index is 0. The van der Waals surface area contributed by atoms with E-state index in [1.165, 1.54) is 11.3 Å². The zero-order chi connectivity index (χ0) is 20.6. The summed E-state index contributed by atoms with van der Waals surface area (Å²) in [6.07, 6.45) is 0. The molecule has 0 spiro atoms. The van der Waals surface area contributed by atoms with Crippen LogP contribution in [-0.4, -0.2) is 76.7 Å². The first-order valence-corrected chi connectivity index (χ1v) is 10.2. The monoisotopic (exact) mass is 523 g/mol. The summed E-state index contributed by atoms with van der Waals surface area (Å²) in [6.45, 7) is 4.66. The average Bonchev–Trinajstić information content (AvgIpc) is 2.77. The van der Waals surface area contributed by atoms with E-state index in [4.69, 9.17) is 4.74 Å². The number of rotatable bonds is 6. The molecule has 0 saturated carbocycles. The van der Waals surface area contributed by atoms with Gasteiger partial charge in [-0.25, -0.2) is 0 Å². The van der Waals surface area contributed by atoms with Crippen LogP contribution < -0.4 is 15.0 Å². The molecule has 1 unspecified atom stereocenters. The summed E-state index contributed by atoms with van der Waals surface area (Å²) >= 11 is 0. The number of likely N-dealkylation sites (N-methyl/N-ethyl adjacent to an activating group) is 1. The number of hydrogen-bond donors (Lipinski definition) is 1. The molecule has 0 aliphatic carbocycles.